The van der Waals surface area contributed by atoms with E-state index in [4.69, 9.17) is 23.2 Å². The summed E-state index contributed by atoms with van der Waals surface area (Å²) in [5.41, 5.74) is 0.812. The number of hydrogen-bond acceptors (Lipinski definition) is 4. The third kappa shape index (κ3) is 3.85. The molecule has 0 aliphatic rings. The Hall–Kier alpha value is -1.78. The van der Waals surface area contributed by atoms with Crippen LogP contribution in [-0.2, 0) is 0 Å². The number of benzene rings is 1. The molecule has 0 radical (unpaired) electrons. The molecule has 0 saturated heterocycles. The van der Waals surface area contributed by atoms with E-state index in [0.29, 0.717) is 28.2 Å². The average Bonchev–Trinajstić information content (AvgIpc) is 2.40. The highest BCUT2D eigenvalue weighted by Gasteiger charge is 2.04. The molecular formula is C14H14Cl2N4. The van der Waals surface area contributed by atoms with Crippen LogP contribution in [0.15, 0.2) is 36.9 Å². The molecule has 2 aromatic rings. The van der Waals surface area contributed by atoms with Crippen LogP contribution < -0.4 is 10.6 Å². The highest BCUT2D eigenvalue weighted by atomic mass is 35.5. The van der Waals surface area contributed by atoms with Gasteiger partial charge in [-0.2, -0.15) is 0 Å². The Bertz CT molecular complexity index is 629. The van der Waals surface area contributed by atoms with E-state index in [1.165, 1.54) is 0 Å². The molecule has 6 heteroatoms. The molecule has 2 N–H and O–H groups in total. The van der Waals surface area contributed by atoms with E-state index in [1.54, 1.807) is 18.2 Å². The molecule has 0 saturated carbocycles. The van der Waals surface area contributed by atoms with Crippen molar-refractivity contribution in [1.82, 2.24) is 9.97 Å². The Labute approximate surface area is 127 Å². The largest absolute Gasteiger partial charge is 0.366 e. The van der Waals surface area contributed by atoms with E-state index in [9.17, 15) is 0 Å². The number of nitrogens with zero attached hydrogens (tertiary/aromatic N) is 2. The fourth-order valence-corrected chi connectivity index (χ4v) is 1.92. The van der Waals surface area contributed by atoms with Crippen LogP contribution in [0.3, 0.4) is 0 Å². The van der Waals surface area contributed by atoms with Crippen molar-refractivity contribution < 1.29 is 0 Å². The van der Waals surface area contributed by atoms with Crippen LogP contribution >= 0.6 is 23.2 Å². The molecule has 0 unspecified atom stereocenters. The minimum absolute atomic E-state index is 0.493. The highest BCUT2D eigenvalue weighted by molar-refractivity contribution is 6.42. The molecule has 0 fully saturated rings. The number of nitrogens with one attached hydrogen (secondary N) is 2. The summed E-state index contributed by atoms with van der Waals surface area (Å²) in [4.78, 5) is 8.61. The predicted octanol–water partition coefficient (Wildman–Crippen LogP) is 4.43. The molecule has 4 nitrogen and oxygen atoms in total. The average molecular weight is 309 g/mol. The summed E-state index contributed by atoms with van der Waals surface area (Å²) in [5.74, 6) is 2.09. The third-order valence-corrected chi connectivity index (χ3v) is 3.20. The molecule has 104 valence electrons. The number of anilines is 3. The second kappa shape index (κ2) is 6.59. The number of aryl methyl sites for hydroxylation is 1. The fourth-order valence-electron chi connectivity index (χ4n) is 1.62. The maximum Gasteiger partial charge on any atom is 0.136 e. The first-order valence-electron chi connectivity index (χ1n) is 6.01. The molecule has 0 aliphatic carbocycles. The van der Waals surface area contributed by atoms with Gasteiger partial charge in [-0.1, -0.05) is 29.3 Å². The van der Waals surface area contributed by atoms with Gasteiger partial charge in [0, 0.05) is 18.3 Å². The van der Waals surface area contributed by atoms with Crippen LogP contribution in [0.1, 0.15) is 5.82 Å². The molecule has 0 amide bonds. The molecule has 0 bridgehead atoms. The normalized spacial score (nSPS) is 10.2. The first-order valence-corrected chi connectivity index (χ1v) is 6.76. The van der Waals surface area contributed by atoms with Gasteiger partial charge >= 0.3 is 0 Å². The van der Waals surface area contributed by atoms with Crippen molar-refractivity contribution in [2.75, 3.05) is 17.2 Å². The number of hydrogen-bond donors (Lipinski definition) is 2. The number of aromatic nitrogens is 2. The molecule has 1 aromatic carbocycles. The molecule has 0 atom stereocenters. The van der Waals surface area contributed by atoms with Gasteiger partial charge in [0.15, 0.2) is 0 Å². The van der Waals surface area contributed by atoms with Crippen LogP contribution in [-0.4, -0.2) is 16.5 Å². The van der Waals surface area contributed by atoms with E-state index in [-0.39, 0.29) is 0 Å². The summed E-state index contributed by atoms with van der Waals surface area (Å²) in [7, 11) is 0. The van der Waals surface area contributed by atoms with Gasteiger partial charge in [0.2, 0.25) is 0 Å². The molecule has 2 rings (SSSR count). The van der Waals surface area contributed by atoms with Crippen LogP contribution in [0, 0.1) is 6.92 Å². The predicted molar refractivity (Wildman–Crippen MR) is 85.2 cm³/mol. The van der Waals surface area contributed by atoms with E-state index < -0.39 is 0 Å². The van der Waals surface area contributed by atoms with Crippen molar-refractivity contribution in [2.45, 2.75) is 6.92 Å². The lowest BCUT2D eigenvalue weighted by atomic mass is 10.3. The molecule has 20 heavy (non-hydrogen) atoms. The Kier molecular flexibility index (Phi) is 4.82. The standard InChI is InChI=1S/C14H14Cl2N4/c1-3-6-17-13-8-14(19-9(2)18-13)20-10-4-5-11(15)12(16)7-10/h3-5,7-8H,1,6H2,2H3,(H2,17,18,19,20). The van der Waals surface area contributed by atoms with Crippen LogP contribution in [0.2, 0.25) is 10.0 Å². The summed E-state index contributed by atoms with van der Waals surface area (Å²) < 4.78 is 0. The molecule has 1 heterocycles. The summed E-state index contributed by atoms with van der Waals surface area (Å²) in [5, 5.41) is 7.31. The maximum atomic E-state index is 5.98. The van der Waals surface area contributed by atoms with Crippen molar-refractivity contribution in [3.05, 3.63) is 52.8 Å². The minimum atomic E-state index is 0.493. The van der Waals surface area contributed by atoms with Crippen molar-refractivity contribution in [3.8, 4) is 0 Å². The summed E-state index contributed by atoms with van der Waals surface area (Å²) in [6.45, 7) is 6.13. The fraction of sp³-hybridized carbons (Fsp3) is 0.143. The van der Waals surface area contributed by atoms with Crippen LogP contribution in [0.4, 0.5) is 17.3 Å². The van der Waals surface area contributed by atoms with Crippen molar-refractivity contribution in [3.63, 3.8) is 0 Å². The number of rotatable bonds is 5. The second-order valence-electron chi connectivity index (χ2n) is 4.11. The second-order valence-corrected chi connectivity index (χ2v) is 4.92. The van der Waals surface area contributed by atoms with Gasteiger partial charge in [-0.05, 0) is 25.1 Å². The lowest BCUT2D eigenvalue weighted by Crippen LogP contribution is -2.04. The zero-order valence-electron chi connectivity index (χ0n) is 11.0. The lowest BCUT2D eigenvalue weighted by Gasteiger charge is -2.10. The highest BCUT2D eigenvalue weighted by Crippen LogP contribution is 2.26. The zero-order valence-corrected chi connectivity index (χ0v) is 12.5. The van der Waals surface area contributed by atoms with E-state index in [1.807, 2.05) is 19.1 Å². The van der Waals surface area contributed by atoms with Gasteiger partial charge in [-0.25, -0.2) is 9.97 Å². The minimum Gasteiger partial charge on any atom is -0.366 e. The van der Waals surface area contributed by atoms with Crippen LogP contribution in [0.25, 0.3) is 0 Å². The van der Waals surface area contributed by atoms with Gasteiger partial charge in [0.1, 0.15) is 17.5 Å². The van der Waals surface area contributed by atoms with E-state index >= 15 is 0 Å². The first-order chi connectivity index (χ1) is 9.58. The molecule has 0 spiro atoms. The Morgan fingerprint density at radius 1 is 1.15 bits per heavy atom. The molecule has 1 aromatic heterocycles. The SMILES string of the molecule is C=CCNc1cc(Nc2ccc(Cl)c(Cl)c2)nc(C)n1. The van der Waals surface area contributed by atoms with Crippen LogP contribution in [0.5, 0.6) is 0 Å². The Morgan fingerprint density at radius 3 is 2.60 bits per heavy atom. The van der Waals surface area contributed by atoms with Gasteiger partial charge in [-0.15, -0.1) is 6.58 Å². The van der Waals surface area contributed by atoms with E-state index in [0.717, 1.165) is 11.5 Å². The Morgan fingerprint density at radius 2 is 1.90 bits per heavy atom. The maximum absolute atomic E-state index is 5.98. The van der Waals surface area contributed by atoms with Gasteiger partial charge in [0.25, 0.3) is 0 Å². The quantitative estimate of drug-likeness (QED) is 0.802. The van der Waals surface area contributed by atoms with Crippen molar-refractivity contribution in [1.29, 1.82) is 0 Å². The van der Waals surface area contributed by atoms with Crippen molar-refractivity contribution in [2.24, 2.45) is 0 Å². The monoisotopic (exact) mass is 308 g/mol. The summed E-state index contributed by atoms with van der Waals surface area (Å²) in [6, 6.07) is 7.14. The number of halogens is 2. The Balaban J connectivity index is 2.21. The van der Waals surface area contributed by atoms with E-state index in [2.05, 4.69) is 27.2 Å². The summed E-state index contributed by atoms with van der Waals surface area (Å²) in [6.07, 6.45) is 1.77. The first kappa shape index (κ1) is 14.6. The van der Waals surface area contributed by atoms with Gasteiger partial charge in [0.05, 0.1) is 10.0 Å². The topological polar surface area (TPSA) is 49.8 Å². The lowest BCUT2D eigenvalue weighted by molar-refractivity contribution is 1.05. The molecular weight excluding hydrogens is 295 g/mol. The van der Waals surface area contributed by atoms with Crippen molar-refractivity contribution >= 4 is 40.5 Å². The van der Waals surface area contributed by atoms with Gasteiger partial charge < -0.3 is 10.6 Å². The molecule has 0 aliphatic heterocycles. The summed E-state index contributed by atoms with van der Waals surface area (Å²) >= 11 is 11.9. The zero-order chi connectivity index (χ0) is 14.5. The third-order valence-electron chi connectivity index (χ3n) is 2.46. The van der Waals surface area contributed by atoms with Gasteiger partial charge in [-0.3, -0.25) is 0 Å². The smallest absolute Gasteiger partial charge is 0.136 e.